The molecule has 0 unspecified atom stereocenters. The zero-order valence-electron chi connectivity index (χ0n) is 6.95. The van der Waals surface area contributed by atoms with Gasteiger partial charge in [0.15, 0.2) is 0 Å². The third-order valence-corrected chi connectivity index (χ3v) is 1.09. The first-order valence-corrected chi connectivity index (χ1v) is 6.80. The van der Waals surface area contributed by atoms with Crippen LogP contribution in [0.4, 0.5) is 0 Å². The average molecular weight is 234 g/mol. The summed E-state index contributed by atoms with van der Waals surface area (Å²) in [5.74, 6) is 0. The fourth-order valence-corrected chi connectivity index (χ4v) is 0.717. The monoisotopic (exact) mass is 234 g/mol. The number of hydrogen-bond acceptors (Lipinski definition) is 8. The van der Waals surface area contributed by atoms with Gasteiger partial charge in [-0.1, -0.05) is 6.92 Å². The van der Waals surface area contributed by atoms with Crippen LogP contribution in [0.1, 0.15) is 13.3 Å². The van der Waals surface area contributed by atoms with Gasteiger partial charge in [0.2, 0.25) is 0 Å². The van der Waals surface area contributed by atoms with Gasteiger partial charge >= 0.3 is 18.1 Å². The van der Waals surface area contributed by atoms with Gasteiger partial charge in [-0.15, -0.1) is 0 Å². The zero-order chi connectivity index (χ0) is 11.1. The van der Waals surface area contributed by atoms with Gasteiger partial charge in [-0.3, -0.25) is 0 Å². The molecule has 8 nitrogen and oxygen atoms in total. The number of hydrogen-bond donors (Lipinski definition) is 7. The molecule has 0 aromatic carbocycles. The predicted octanol–water partition coefficient (Wildman–Crippen LogP) is -3.78. The van der Waals surface area contributed by atoms with Crippen molar-refractivity contribution in [3.05, 3.63) is 0 Å². The highest BCUT2D eigenvalue weighted by Gasteiger charge is 2.29. The molecule has 0 atom stereocenters. The molecule has 0 fully saturated rings. The van der Waals surface area contributed by atoms with Gasteiger partial charge in [0.05, 0.1) is 0 Å². The van der Waals surface area contributed by atoms with Crippen molar-refractivity contribution in [2.45, 2.75) is 13.3 Å². The minimum absolute atomic E-state index is 0.190. The van der Waals surface area contributed by atoms with Crippen LogP contribution in [0, 0.1) is 0 Å². The SMILES string of the molecule is CCCO[Si](O)(O)O.O[Si](O)(O)O. The molecule has 0 saturated carbocycles. The Morgan fingerprint density at radius 1 is 0.923 bits per heavy atom. The fourth-order valence-electron chi connectivity index (χ4n) is 0.239. The number of rotatable bonds is 3. The van der Waals surface area contributed by atoms with E-state index in [-0.39, 0.29) is 6.61 Å². The highest BCUT2D eigenvalue weighted by atomic mass is 28.4. The normalized spacial score (nSPS) is 12.0. The van der Waals surface area contributed by atoms with Gasteiger partial charge in [-0.05, 0) is 6.42 Å². The summed E-state index contributed by atoms with van der Waals surface area (Å²) < 4.78 is 4.18. The Kier molecular flexibility index (Phi) is 7.85. The van der Waals surface area contributed by atoms with E-state index in [1.807, 2.05) is 0 Å². The Morgan fingerprint density at radius 3 is 1.31 bits per heavy atom. The Labute approximate surface area is 76.9 Å². The molecule has 0 amide bonds. The molecule has 0 bridgehead atoms. The van der Waals surface area contributed by atoms with E-state index >= 15 is 0 Å². The quantitative estimate of drug-likeness (QED) is 0.246. The minimum atomic E-state index is -4.61. The van der Waals surface area contributed by atoms with E-state index in [2.05, 4.69) is 4.43 Å². The van der Waals surface area contributed by atoms with E-state index < -0.39 is 18.1 Å². The first kappa shape index (κ1) is 15.6. The molecule has 0 rings (SSSR count). The molecule has 0 aliphatic carbocycles. The van der Waals surface area contributed by atoms with E-state index in [1.54, 1.807) is 6.92 Å². The minimum Gasteiger partial charge on any atom is -0.368 e. The summed E-state index contributed by atoms with van der Waals surface area (Å²) in [7, 11) is -8.79. The fraction of sp³-hybridized carbons (Fsp3) is 1.00. The summed E-state index contributed by atoms with van der Waals surface area (Å²) in [6.45, 7) is 2.00. The summed E-state index contributed by atoms with van der Waals surface area (Å²) in [5, 5.41) is 0. The van der Waals surface area contributed by atoms with Gasteiger partial charge < -0.3 is 38.0 Å². The second kappa shape index (κ2) is 6.55. The largest absolute Gasteiger partial charge is 0.671 e. The van der Waals surface area contributed by atoms with E-state index in [9.17, 15) is 0 Å². The molecular formula is C3H14O8Si2. The van der Waals surface area contributed by atoms with Gasteiger partial charge in [-0.2, -0.15) is 0 Å². The first-order valence-electron chi connectivity index (χ1n) is 3.27. The van der Waals surface area contributed by atoms with Gasteiger partial charge in [0.25, 0.3) is 0 Å². The zero-order valence-corrected chi connectivity index (χ0v) is 8.95. The van der Waals surface area contributed by atoms with E-state index in [1.165, 1.54) is 0 Å². The maximum atomic E-state index is 8.18. The molecule has 0 heterocycles. The first-order chi connectivity index (χ1) is 5.56. The lowest BCUT2D eigenvalue weighted by Crippen LogP contribution is -2.39. The Bertz CT molecular complexity index is 110. The van der Waals surface area contributed by atoms with Crippen molar-refractivity contribution in [3.63, 3.8) is 0 Å². The van der Waals surface area contributed by atoms with E-state index in [0.717, 1.165) is 0 Å². The van der Waals surface area contributed by atoms with Crippen LogP contribution in [0.25, 0.3) is 0 Å². The van der Waals surface area contributed by atoms with Crippen LogP contribution in [0.2, 0.25) is 0 Å². The van der Waals surface area contributed by atoms with Crippen LogP contribution in [-0.2, 0) is 4.43 Å². The molecule has 0 saturated heterocycles. The van der Waals surface area contributed by atoms with Crippen LogP contribution >= 0.6 is 0 Å². The smallest absolute Gasteiger partial charge is 0.368 e. The van der Waals surface area contributed by atoms with Crippen molar-refractivity contribution in [2.75, 3.05) is 6.61 Å². The van der Waals surface area contributed by atoms with Crippen LogP contribution in [-0.4, -0.2) is 58.3 Å². The third-order valence-electron chi connectivity index (χ3n) is 0.500. The topological polar surface area (TPSA) is 151 Å². The Morgan fingerprint density at radius 2 is 1.23 bits per heavy atom. The van der Waals surface area contributed by atoms with Crippen molar-refractivity contribution in [2.24, 2.45) is 0 Å². The molecule has 0 spiro atoms. The van der Waals surface area contributed by atoms with E-state index in [0.29, 0.717) is 6.42 Å². The summed E-state index contributed by atoms with van der Waals surface area (Å²) in [4.78, 5) is 53.8. The highest BCUT2D eigenvalue weighted by molar-refractivity contribution is 6.48. The molecule has 0 aliphatic rings. The van der Waals surface area contributed by atoms with Crippen LogP contribution in [0.3, 0.4) is 0 Å². The molecular weight excluding hydrogens is 220 g/mol. The van der Waals surface area contributed by atoms with Crippen molar-refractivity contribution in [1.29, 1.82) is 0 Å². The van der Waals surface area contributed by atoms with Crippen molar-refractivity contribution < 1.29 is 38.0 Å². The summed E-state index contributed by atoms with van der Waals surface area (Å²) in [6, 6.07) is 0. The average Bonchev–Trinajstić information content (AvgIpc) is 1.77. The molecule has 7 N–H and O–H groups in total. The summed E-state index contributed by atoms with van der Waals surface area (Å²) >= 11 is 0. The Hall–Kier alpha value is 0.114. The summed E-state index contributed by atoms with van der Waals surface area (Å²) in [5.41, 5.74) is 0. The lowest BCUT2D eigenvalue weighted by molar-refractivity contribution is 0.0635. The van der Waals surface area contributed by atoms with Crippen LogP contribution in [0.5, 0.6) is 0 Å². The molecule has 13 heavy (non-hydrogen) atoms. The standard InChI is InChI=1S/C3H10O4Si.H4O4Si/c1-2-3-7-8(4,5)6;1-5(2,3)4/h4-6H,2-3H2,1H3;1-4H. The van der Waals surface area contributed by atoms with E-state index in [4.69, 9.17) is 33.6 Å². The van der Waals surface area contributed by atoms with Crippen molar-refractivity contribution in [1.82, 2.24) is 0 Å². The van der Waals surface area contributed by atoms with Gasteiger partial charge in [-0.25, -0.2) is 0 Å². The maximum absolute atomic E-state index is 8.18. The molecule has 0 aliphatic heterocycles. The van der Waals surface area contributed by atoms with Gasteiger partial charge in [0.1, 0.15) is 0 Å². The molecule has 82 valence electrons. The van der Waals surface area contributed by atoms with Crippen LogP contribution < -0.4 is 0 Å². The maximum Gasteiger partial charge on any atom is 0.671 e. The lowest BCUT2D eigenvalue weighted by atomic mass is 10.5. The second-order valence-corrected chi connectivity index (χ2v) is 4.66. The predicted molar refractivity (Wildman–Crippen MR) is 43.3 cm³/mol. The lowest BCUT2D eigenvalue weighted by Gasteiger charge is -2.07. The molecule has 0 aromatic rings. The molecule has 10 heteroatoms. The second-order valence-electron chi connectivity index (χ2n) is 2.02. The molecule has 0 radical (unpaired) electrons. The molecule has 0 aromatic heterocycles. The van der Waals surface area contributed by atoms with Crippen molar-refractivity contribution in [3.8, 4) is 0 Å². The van der Waals surface area contributed by atoms with Crippen molar-refractivity contribution >= 4 is 18.1 Å². The van der Waals surface area contributed by atoms with Gasteiger partial charge in [0, 0.05) is 6.61 Å². The van der Waals surface area contributed by atoms with Crippen LogP contribution in [0.15, 0.2) is 0 Å². The summed E-state index contributed by atoms with van der Waals surface area (Å²) in [6.07, 6.45) is 0.663. The highest BCUT2D eigenvalue weighted by Crippen LogP contribution is 1.89. The third kappa shape index (κ3) is 47.4. The Balaban J connectivity index is 0.